The number of benzene rings is 2. The zero-order chi connectivity index (χ0) is 19.1. The molecule has 1 saturated heterocycles. The molecular formula is C21H19N3O2S. The highest BCUT2D eigenvalue weighted by Crippen LogP contribution is 2.22. The molecule has 0 amide bonds. The van der Waals surface area contributed by atoms with Crippen LogP contribution in [0.5, 0.6) is 0 Å². The van der Waals surface area contributed by atoms with Crippen LogP contribution in [0.2, 0.25) is 0 Å². The van der Waals surface area contributed by atoms with Gasteiger partial charge in [0.1, 0.15) is 11.9 Å². The lowest BCUT2D eigenvalue weighted by Crippen LogP contribution is -2.41. The monoisotopic (exact) mass is 377 g/mol. The van der Waals surface area contributed by atoms with E-state index in [1.165, 1.54) is 0 Å². The summed E-state index contributed by atoms with van der Waals surface area (Å²) in [5.74, 6) is 0.682. The minimum Gasteiger partial charge on any atom is -0.460 e. The van der Waals surface area contributed by atoms with Gasteiger partial charge in [-0.2, -0.15) is 10.5 Å². The molecule has 136 valence electrons. The highest BCUT2D eigenvalue weighted by atomic mass is 32.2. The van der Waals surface area contributed by atoms with Gasteiger partial charge in [-0.05, 0) is 35.4 Å². The SMILES string of the molecule is N#Cc1ccc(COC(=O)[C@H]2CN(Cc3ccc(C#N)cc3)CCS2)cc1. The van der Waals surface area contributed by atoms with E-state index >= 15 is 0 Å². The number of thioether (sulfide) groups is 1. The van der Waals surface area contributed by atoms with Crippen molar-refractivity contribution in [1.29, 1.82) is 10.5 Å². The van der Waals surface area contributed by atoms with Crippen molar-refractivity contribution in [3.05, 3.63) is 70.8 Å². The van der Waals surface area contributed by atoms with Crippen LogP contribution in [0.15, 0.2) is 48.5 Å². The summed E-state index contributed by atoms with van der Waals surface area (Å²) in [5, 5.41) is 17.5. The van der Waals surface area contributed by atoms with Gasteiger partial charge in [-0.25, -0.2) is 0 Å². The Hall–Kier alpha value is -2.80. The third kappa shape index (κ3) is 5.34. The second-order valence-electron chi connectivity index (χ2n) is 6.32. The van der Waals surface area contributed by atoms with Crippen molar-refractivity contribution in [3.63, 3.8) is 0 Å². The molecule has 1 heterocycles. The van der Waals surface area contributed by atoms with Gasteiger partial charge in [0.15, 0.2) is 0 Å². The first-order valence-corrected chi connectivity index (χ1v) is 9.71. The summed E-state index contributed by atoms with van der Waals surface area (Å²) in [4.78, 5) is 14.7. The van der Waals surface area contributed by atoms with Gasteiger partial charge in [-0.1, -0.05) is 24.3 Å². The molecule has 0 N–H and O–H groups in total. The summed E-state index contributed by atoms with van der Waals surface area (Å²) < 4.78 is 5.46. The lowest BCUT2D eigenvalue weighted by atomic mass is 10.1. The lowest BCUT2D eigenvalue weighted by Gasteiger charge is -2.31. The number of carbonyl (C=O) groups excluding carboxylic acids is 1. The van der Waals surface area contributed by atoms with Crippen LogP contribution in [0.25, 0.3) is 0 Å². The van der Waals surface area contributed by atoms with E-state index in [4.69, 9.17) is 15.3 Å². The molecule has 0 saturated carbocycles. The smallest absolute Gasteiger partial charge is 0.320 e. The maximum absolute atomic E-state index is 12.4. The van der Waals surface area contributed by atoms with Crippen molar-refractivity contribution in [2.75, 3.05) is 18.8 Å². The molecule has 0 bridgehead atoms. The maximum atomic E-state index is 12.4. The molecule has 27 heavy (non-hydrogen) atoms. The summed E-state index contributed by atoms with van der Waals surface area (Å²) in [6, 6.07) is 18.8. The van der Waals surface area contributed by atoms with Crippen molar-refractivity contribution >= 4 is 17.7 Å². The summed E-state index contributed by atoms with van der Waals surface area (Å²) >= 11 is 1.63. The first-order chi connectivity index (χ1) is 13.2. The highest BCUT2D eigenvalue weighted by Gasteiger charge is 2.27. The van der Waals surface area contributed by atoms with Gasteiger partial charge in [-0.3, -0.25) is 9.69 Å². The van der Waals surface area contributed by atoms with Gasteiger partial charge in [0.2, 0.25) is 0 Å². The first-order valence-electron chi connectivity index (χ1n) is 8.66. The van der Waals surface area contributed by atoms with E-state index in [0.29, 0.717) is 17.7 Å². The number of nitriles is 2. The lowest BCUT2D eigenvalue weighted by molar-refractivity contribution is -0.144. The van der Waals surface area contributed by atoms with E-state index in [9.17, 15) is 4.79 Å². The molecule has 1 aliphatic heterocycles. The van der Waals surface area contributed by atoms with E-state index in [2.05, 4.69) is 17.0 Å². The molecule has 1 atom stereocenters. The second-order valence-corrected chi connectivity index (χ2v) is 7.63. The quantitative estimate of drug-likeness (QED) is 0.745. The van der Waals surface area contributed by atoms with Gasteiger partial charge >= 0.3 is 5.97 Å². The van der Waals surface area contributed by atoms with Crippen molar-refractivity contribution in [2.24, 2.45) is 0 Å². The van der Waals surface area contributed by atoms with E-state index in [1.54, 1.807) is 36.0 Å². The first kappa shape index (κ1) is 19.0. The van der Waals surface area contributed by atoms with Crippen LogP contribution in [0.4, 0.5) is 0 Å². The van der Waals surface area contributed by atoms with Gasteiger partial charge in [0, 0.05) is 25.4 Å². The Balaban J connectivity index is 1.51. The number of hydrogen-bond acceptors (Lipinski definition) is 6. The van der Waals surface area contributed by atoms with Crippen molar-refractivity contribution in [3.8, 4) is 12.1 Å². The molecule has 5 nitrogen and oxygen atoms in total. The molecule has 0 unspecified atom stereocenters. The number of carbonyl (C=O) groups is 1. The molecular weight excluding hydrogens is 358 g/mol. The summed E-state index contributed by atoms with van der Waals surface area (Å²) in [5.41, 5.74) is 3.24. The molecule has 1 aliphatic rings. The van der Waals surface area contributed by atoms with Crippen LogP contribution in [0.3, 0.4) is 0 Å². The van der Waals surface area contributed by atoms with Crippen LogP contribution in [-0.4, -0.2) is 35.0 Å². The van der Waals surface area contributed by atoms with E-state index in [-0.39, 0.29) is 17.8 Å². The molecule has 2 aromatic rings. The number of ether oxygens (including phenoxy) is 1. The Morgan fingerprint density at radius 1 is 1.04 bits per heavy atom. The second kappa shape index (κ2) is 9.23. The predicted octanol–water partition coefficient (Wildman–Crippen LogP) is 3.09. The summed E-state index contributed by atoms with van der Waals surface area (Å²) in [7, 11) is 0. The van der Waals surface area contributed by atoms with Crippen molar-refractivity contribution < 1.29 is 9.53 Å². The van der Waals surface area contributed by atoms with E-state index < -0.39 is 0 Å². The Morgan fingerprint density at radius 3 is 2.22 bits per heavy atom. The number of rotatable bonds is 5. The van der Waals surface area contributed by atoms with Crippen molar-refractivity contribution in [2.45, 2.75) is 18.4 Å². The zero-order valence-corrected chi connectivity index (χ0v) is 15.6. The molecule has 0 spiro atoms. The van der Waals surface area contributed by atoms with Crippen LogP contribution < -0.4 is 0 Å². The molecule has 1 fully saturated rings. The fourth-order valence-corrected chi connectivity index (χ4v) is 4.02. The minimum absolute atomic E-state index is 0.199. The fourth-order valence-electron chi connectivity index (χ4n) is 2.85. The van der Waals surface area contributed by atoms with Crippen LogP contribution in [-0.2, 0) is 22.7 Å². The average molecular weight is 377 g/mol. The Morgan fingerprint density at radius 2 is 1.63 bits per heavy atom. The Kier molecular flexibility index (Phi) is 6.49. The number of nitrogens with zero attached hydrogens (tertiary/aromatic N) is 3. The Labute approximate surface area is 163 Å². The third-order valence-electron chi connectivity index (χ3n) is 4.37. The van der Waals surface area contributed by atoms with Crippen LogP contribution in [0.1, 0.15) is 22.3 Å². The van der Waals surface area contributed by atoms with E-state index in [0.717, 1.165) is 30.0 Å². The Bertz CT molecular complexity index is 866. The fraction of sp³-hybridized carbons (Fsp3) is 0.286. The molecule has 2 aromatic carbocycles. The van der Waals surface area contributed by atoms with Gasteiger partial charge < -0.3 is 4.74 Å². The normalized spacial score (nSPS) is 16.9. The third-order valence-corrected chi connectivity index (χ3v) is 5.53. The molecule has 0 radical (unpaired) electrons. The predicted molar refractivity (Wildman–Crippen MR) is 104 cm³/mol. The van der Waals surface area contributed by atoms with Gasteiger partial charge in [0.25, 0.3) is 0 Å². The number of hydrogen-bond donors (Lipinski definition) is 0. The molecule has 0 aliphatic carbocycles. The topological polar surface area (TPSA) is 77.1 Å². The molecule has 0 aromatic heterocycles. The highest BCUT2D eigenvalue weighted by molar-refractivity contribution is 8.00. The average Bonchev–Trinajstić information content (AvgIpc) is 2.73. The maximum Gasteiger partial charge on any atom is 0.320 e. The molecule has 3 rings (SSSR count). The standard InChI is InChI=1S/C21H19N3O2S/c22-11-16-1-5-18(6-2-16)13-24-9-10-27-20(14-24)21(25)26-15-19-7-3-17(12-23)4-8-19/h1-8,20H,9-10,13-15H2/t20-/m1/s1. The largest absolute Gasteiger partial charge is 0.460 e. The van der Waals surface area contributed by atoms with Gasteiger partial charge in [0.05, 0.1) is 23.3 Å². The zero-order valence-electron chi connectivity index (χ0n) is 14.8. The molecule has 6 heteroatoms. The van der Waals surface area contributed by atoms with Gasteiger partial charge in [-0.15, -0.1) is 11.8 Å². The van der Waals surface area contributed by atoms with Crippen LogP contribution >= 0.6 is 11.8 Å². The summed E-state index contributed by atoms with van der Waals surface area (Å²) in [6.45, 7) is 2.55. The number of esters is 1. The summed E-state index contributed by atoms with van der Waals surface area (Å²) in [6.07, 6.45) is 0. The van der Waals surface area contributed by atoms with E-state index in [1.807, 2.05) is 24.3 Å². The van der Waals surface area contributed by atoms with Crippen molar-refractivity contribution in [1.82, 2.24) is 4.90 Å². The minimum atomic E-state index is -0.200. The van der Waals surface area contributed by atoms with Crippen LogP contribution in [0, 0.1) is 22.7 Å².